The van der Waals surface area contributed by atoms with Crippen molar-refractivity contribution in [1.82, 2.24) is 10.0 Å². The molecule has 0 unspecified atom stereocenters. The van der Waals surface area contributed by atoms with Gasteiger partial charge in [0.1, 0.15) is 0 Å². The van der Waals surface area contributed by atoms with Crippen molar-refractivity contribution < 1.29 is 13.2 Å². The van der Waals surface area contributed by atoms with Crippen molar-refractivity contribution in [1.29, 1.82) is 0 Å². The van der Waals surface area contributed by atoms with Gasteiger partial charge in [-0.1, -0.05) is 24.3 Å². The molecule has 0 saturated heterocycles. The third kappa shape index (κ3) is 6.08. The maximum atomic E-state index is 12.4. The van der Waals surface area contributed by atoms with E-state index < -0.39 is 10.0 Å². The molecule has 0 aliphatic rings. The van der Waals surface area contributed by atoms with Crippen LogP contribution < -0.4 is 14.9 Å². The van der Waals surface area contributed by atoms with Crippen LogP contribution in [-0.4, -0.2) is 35.0 Å². The van der Waals surface area contributed by atoms with Crippen LogP contribution in [0, 0.1) is 13.8 Å². The Balaban J connectivity index is 1.82. The van der Waals surface area contributed by atoms with Crippen LogP contribution in [0.25, 0.3) is 0 Å². The quantitative estimate of drug-likeness (QED) is 0.726. The number of rotatable bonds is 8. The predicted molar refractivity (Wildman–Crippen MR) is 108 cm³/mol. The van der Waals surface area contributed by atoms with E-state index in [1.54, 1.807) is 19.1 Å². The van der Waals surface area contributed by atoms with Gasteiger partial charge in [0, 0.05) is 39.3 Å². The molecule has 0 heterocycles. The third-order valence-electron chi connectivity index (χ3n) is 4.22. The van der Waals surface area contributed by atoms with Crippen molar-refractivity contribution >= 4 is 21.6 Å². The standard InChI is InChI=1S/C20H27N3O3S/c1-15-5-6-16(2)19(13-15)27(25,26)22-12-11-20(24)21-14-17-7-9-18(10-8-17)23(3)4/h5-10,13,22H,11-12,14H2,1-4H3,(H,21,24). The van der Waals surface area contributed by atoms with Gasteiger partial charge in [0.25, 0.3) is 0 Å². The molecule has 0 saturated carbocycles. The fourth-order valence-electron chi connectivity index (χ4n) is 2.57. The number of hydrogen-bond acceptors (Lipinski definition) is 4. The largest absolute Gasteiger partial charge is 0.378 e. The number of carbonyl (C=O) groups is 1. The Morgan fingerprint density at radius 1 is 1.04 bits per heavy atom. The summed E-state index contributed by atoms with van der Waals surface area (Å²) in [6, 6.07) is 13.2. The number of nitrogens with zero attached hydrogens (tertiary/aromatic N) is 1. The molecular formula is C20H27N3O3S. The van der Waals surface area contributed by atoms with Crippen LogP contribution >= 0.6 is 0 Å². The second kappa shape index (κ2) is 9.01. The highest BCUT2D eigenvalue weighted by Gasteiger charge is 2.16. The zero-order valence-electron chi connectivity index (χ0n) is 16.2. The van der Waals surface area contributed by atoms with Crippen molar-refractivity contribution in [3.63, 3.8) is 0 Å². The first-order chi connectivity index (χ1) is 12.7. The summed E-state index contributed by atoms with van der Waals surface area (Å²) in [5, 5.41) is 2.81. The average molecular weight is 390 g/mol. The number of aryl methyl sites for hydroxylation is 2. The van der Waals surface area contributed by atoms with E-state index in [1.165, 1.54) is 0 Å². The van der Waals surface area contributed by atoms with Gasteiger partial charge in [-0.15, -0.1) is 0 Å². The van der Waals surface area contributed by atoms with Crippen molar-refractivity contribution in [2.75, 3.05) is 25.5 Å². The normalized spacial score (nSPS) is 11.3. The number of nitrogens with one attached hydrogen (secondary N) is 2. The molecule has 0 aliphatic carbocycles. The minimum absolute atomic E-state index is 0.0567. The van der Waals surface area contributed by atoms with Gasteiger partial charge in [-0.05, 0) is 48.7 Å². The van der Waals surface area contributed by atoms with E-state index in [4.69, 9.17) is 0 Å². The highest BCUT2D eigenvalue weighted by atomic mass is 32.2. The van der Waals surface area contributed by atoms with Crippen LogP contribution in [-0.2, 0) is 21.4 Å². The van der Waals surface area contributed by atoms with Gasteiger partial charge in [0.2, 0.25) is 15.9 Å². The van der Waals surface area contributed by atoms with Crippen LogP contribution in [0.3, 0.4) is 0 Å². The van der Waals surface area contributed by atoms with E-state index in [0.29, 0.717) is 12.1 Å². The molecule has 2 N–H and O–H groups in total. The van der Waals surface area contributed by atoms with Crippen LogP contribution in [0.2, 0.25) is 0 Å². The molecule has 0 aromatic heterocycles. The monoisotopic (exact) mass is 389 g/mol. The molecule has 0 atom stereocenters. The second-order valence-electron chi connectivity index (χ2n) is 6.75. The molecule has 2 rings (SSSR count). The van der Waals surface area contributed by atoms with Crippen LogP contribution in [0.15, 0.2) is 47.4 Å². The summed E-state index contributed by atoms with van der Waals surface area (Å²) in [6.07, 6.45) is 0.0832. The maximum absolute atomic E-state index is 12.4. The van der Waals surface area contributed by atoms with Gasteiger partial charge >= 0.3 is 0 Å². The Labute approximate surface area is 161 Å². The summed E-state index contributed by atoms with van der Waals surface area (Å²) in [7, 11) is 0.313. The third-order valence-corrected chi connectivity index (χ3v) is 5.82. The molecule has 27 heavy (non-hydrogen) atoms. The zero-order chi connectivity index (χ0) is 20.0. The van der Waals surface area contributed by atoms with E-state index >= 15 is 0 Å². The van der Waals surface area contributed by atoms with Crippen LogP contribution in [0.4, 0.5) is 5.69 Å². The molecule has 2 aromatic rings. The Bertz CT molecular complexity index is 891. The first-order valence-corrected chi connectivity index (χ1v) is 10.3. The Hall–Kier alpha value is -2.38. The number of benzene rings is 2. The van der Waals surface area contributed by atoms with Gasteiger partial charge in [-0.25, -0.2) is 13.1 Å². The Morgan fingerprint density at radius 2 is 1.70 bits per heavy atom. The SMILES string of the molecule is Cc1ccc(C)c(S(=O)(=O)NCCC(=O)NCc2ccc(N(C)C)cc2)c1. The van der Waals surface area contributed by atoms with Crippen molar-refractivity contribution in [3.8, 4) is 0 Å². The summed E-state index contributed by atoms with van der Waals surface area (Å²) >= 11 is 0. The fraction of sp³-hybridized carbons (Fsp3) is 0.350. The lowest BCUT2D eigenvalue weighted by atomic mass is 10.2. The highest BCUT2D eigenvalue weighted by molar-refractivity contribution is 7.89. The average Bonchev–Trinajstić information content (AvgIpc) is 2.62. The fourth-order valence-corrected chi connectivity index (χ4v) is 3.93. The number of hydrogen-bond donors (Lipinski definition) is 2. The van der Waals surface area contributed by atoms with Gasteiger partial charge in [-0.3, -0.25) is 4.79 Å². The lowest BCUT2D eigenvalue weighted by Crippen LogP contribution is -2.31. The topological polar surface area (TPSA) is 78.5 Å². The molecule has 0 aliphatic heterocycles. The highest BCUT2D eigenvalue weighted by Crippen LogP contribution is 2.16. The second-order valence-corrected chi connectivity index (χ2v) is 8.49. The Kier molecular flexibility index (Phi) is 6.98. The molecule has 0 fully saturated rings. The summed E-state index contributed by atoms with van der Waals surface area (Å²) in [5.41, 5.74) is 3.63. The molecule has 146 valence electrons. The van der Waals surface area contributed by atoms with Gasteiger partial charge in [0.05, 0.1) is 4.90 Å². The molecule has 0 radical (unpaired) electrons. The first-order valence-electron chi connectivity index (χ1n) is 8.79. The van der Waals surface area contributed by atoms with E-state index in [0.717, 1.165) is 16.8 Å². The van der Waals surface area contributed by atoms with Crippen LogP contribution in [0.1, 0.15) is 23.1 Å². The number of anilines is 1. The molecule has 6 nitrogen and oxygen atoms in total. The Morgan fingerprint density at radius 3 is 2.33 bits per heavy atom. The predicted octanol–water partition coefficient (Wildman–Crippen LogP) is 2.35. The molecule has 7 heteroatoms. The molecule has 0 bridgehead atoms. The van der Waals surface area contributed by atoms with Gasteiger partial charge in [0.15, 0.2) is 0 Å². The lowest BCUT2D eigenvalue weighted by molar-refractivity contribution is -0.121. The maximum Gasteiger partial charge on any atom is 0.240 e. The van der Waals surface area contributed by atoms with E-state index in [1.807, 2.05) is 56.3 Å². The van der Waals surface area contributed by atoms with Crippen molar-refractivity contribution in [2.45, 2.75) is 31.7 Å². The molecular weight excluding hydrogens is 362 g/mol. The molecule has 0 spiro atoms. The smallest absolute Gasteiger partial charge is 0.240 e. The van der Waals surface area contributed by atoms with Gasteiger partial charge < -0.3 is 10.2 Å². The zero-order valence-corrected chi connectivity index (χ0v) is 17.1. The van der Waals surface area contributed by atoms with Crippen molar-refractivity contribution in [2.24, 2.45) is 0 Å². The molecule has 2 aromatic carbocycles. The van der Waals surface area contributed by atoms with E-state index in [9.17, 15) is 13.2 Å². The minimum Gasteiger partial charge on any atom is -0.378 e. The van der Waals surface area contributed by atoms with Crippen LogP contribution in [0.5, 0.6) is 0 Å². The van der Waals surface area contributed by atoms with E-state index in [2.05, 4.69) is 10.0 Å². The summed E-state index contributed by atoms with van der Waals surface area (Å²) in [6.45, 7) is 4.07. The number of carbonyl (C=O) groups excluding carboxylic acids is 1. The number of amides is 1. The van der Waals surface area contributed by atoms with E-state index in [-0.39, 0.29) is 23.8 Å². The lowest BCUT2D eigenvalue weighted by Gasteiger charge is -2.13. The summed E-state index contributed by atoms with van der Waals surface area (Å²) in [4.78, 5) is 14.2. The van der Waals surface area contributed by atoms with Crippen molar-refractivity contribution in [3.05, 3.63) is 59.2 Å². The van der Waals surface area contributed by atoms with Gasteiger partial charge in [-0.2, -0.15) is 0 Å². The molecule has 1 amide bonds. The summed E-state index contributed by atoms with van der Waals surface area (Å²) in [5.74, 6) is -0.199. The first kappa shape index (κ1) is 20.9. The summed E-state index contributed by atoms with van der Waals surface area (Å²) < 4.78 is 27.3. The number of sulfonamides is 1. The minimum atomic E-state index is -3.62.